The Hall–Kier alpha value is -3.28. The number of benzene rings is 2. The van der Waals surface area contributed by atoms with E-state index >= 15 is 0 Å². The Bertz CT molecular complexity index is 1030. The summed E-state index contributed by atoms with van der Waals surface area (Å²) in [5.74, 6) is -0.524. The lowest BCUT2D eigenvalue weighted by Crippen LogP contribution is -2.44. The Labute approximate surface area is 136 Å². The summed E-state index contributed by atoms with van der Waals surface area (Å²) in [6, 6.07) is 13.2. The molecule has 0 N–H and O–H groups in total. The predicted molar refractivity (Wildman–Crippen MR) is 84.8 cm³/mol. The molecule has 24 heavy (non-hydrogen) atoms. The lowest BCUT2D eigenvalue weighted by molar-refractivity contribution is 0.0535. The zero-order valence-electron chi connectivity index (χ0n) is 12.5. The van der Waals surface area contributed by atoms with Gasteiger partial charge in [0, 0.05) is 6.42 Å². The Kier molecular flexibility index (Phi) is 2.41. The fourth-order valence-corrected chi connectivity index (χ4v) is 3.56. The first-order chi connectivity index (χ1) is 11.7. The number of hydrogen-bond acceptors (Lipinski definition) is 4. The molecular formula is C18H11N3O3. The van der Waals surface area contributed by atoms with Gasteiger partial charge in [0.15, 0.2) is 0 Å². The normalized spacial score (nSPS) is 19.2. The quantitative estimate of drug-likeness (QED) is 0.643. The molecule has 1 atom stereocenters. The number of amides is 2. The van der Waals surface area contributed by atoms with Gasteiger partial charge in [-0.25, -0.2) is 4.98 Å². The minimum atomic E-state index is -0.829. The van der Waals surface area contributed by atoms with Crippen LogP contribution in [0.25, 0.3) is 11.0 Å². The van der Waals surface area contributed by atoms with Crippen molar-refractivity contribution in [1.82, 2.24) is 14.5 Å². The van der Waals surface area contributed by atoms with Crippen molar-refractivity contribution in [2.45, 2.75) is 12.5 Å². The minimum Gasteiger partial charge on any atom is -0.272 e. The summed E-state index contributed by atoms with van der Waals surface area (Å²) in [6.45, 7) is 0. The summed E-state index contributed by atoms with van der Waals surface area (Å²) in [6.07, 6.45) is 0.249. The van der Waals surface area contributed by atoms with Crippen LogP contribution in [0, 0.1) is 0 Å². The van der Waals surface area contributed by atoms with Crippen molar-refractivity contribution >= 4 is 28.8 Å². The molecular weight excluding hydrogens is 306 g/mol. The highest BCUT2D eigenvalue weighted by molar-refractivity contribution is 6.23. The molecule has 0 bridgehead atoms. The largest absolute Gasteiger partial charge is 0.272 e. The lowest BCUT2D eigenvalue weighted by atomic mass is 10.1. The number of hydrogen-bond donors (Lipinski definition) is 0. The van der Waals surface area contributed by atoms with E-state index in [0.717, 1.165) is 10.4 Å². The Morgan fingerprint density at radius 3 is 2.21 bits per heavy atom. The van der Waals surface area contributed by atoms with Crippen LogP contribution in [0.2, 0.25) is 0 Å². The summed E-state index contributed by atoms with van der Waals surface area (Å²) in [4.78, 5) is 43.6. The minimum absolute atomic E-state index is 0.249. The van der Waals surface area contributed by atoms with E-state index in [9.17, 15) is 14.4 Å². The van der Waals surface area contributed by atoms with Gasteiger partial charge >= 0.3 is 0 Å². The third kappa shape index (κ3) is 1.49. The monoisotopic (exact) mass is 317 g/mol. The molecule has 2 aliphatic rings. The van der Waals surface area contributed by atoms with E-state index in [2.05, 4.69) is 4.98 Å². The molecule has 6 nitrogen and oxygen atoms in total. The van der Waals surface area contributed by atoms with Gasteiger partial charge < -0.3 is 0 Å². The number of fused-ring (bicyclic) bond motifs is 4. The third-order valence-corrected chi connectivity index (χ3v) is 4.65. The van der Waals surface area contributed by atoms with Gasteiger partial charge in [-0.3, -0.25) is 23.9 Å². The van der Waals surface area contributed by atoms with E-state index in [-0.39, 0.29) is 12.3 Å². The van der Waals surface area contributed by atoms with Crippen molar-refractivity contribution < 1.29 is 14.4 Å². The van der Waals surface area contributed by atoms with Gasteiger partial charge in [0.2, 0.25) is 0 Å². The maximum absolute atomic E-state index is 12.9. The summed E-state index contributed by atoms with van der Waals surface area (Å²) < 4.78 is 1.52. The molecule has 3 heterocycles. The first-order valence-corrected chi connectivity index (χ1v) is 7.64. The number of aromatic nitrogens is 2. The Morgan fingerprint density at radius 2 is 1.50 bits per heavy atom. The van der Waals surface area contributed by atoms with Crippen LogP contribution in [-0.2, 0) is 6.42 Å². The van der Waals surface area contributed by atoms with Crippen LogP contribution in [0.5, 0.6) is 0 Å². The highest BCUT2D eigenvalue weighted by Crippen LogP contribution is 2.31. The lowest BCUT2D eigenvalue weighted by Gasteiger charge is -2.19. The summed E-state index contributed by atoms with van der Waals surface area (Å²) in [5, 5.41) is 0. The fourth-order valence-electron chi connectivity index (χ4n) is 3.56. The Balaban J connectivity index is 1.59. The van der Waals surface area contributed by atoms with Gasteiger partial charge in [-0.1, -0.05) is 24.3 Å². The second-order valence-electron chi connectivity index (χ2n) is 5.94. The Morgan fingerprint density at radius 1 is 0.875 bits per heavy atom. The predicted octanol–water partition coefficient (Wildman–Crippen LogP) is 1.90. The summed E-state index contributed by atoms with van der Waals surface area (Å²) in [7, 11) is 0. The van der Waals surface area contributed by atoms with Gasteiger partial charge in [-0.05, 0) is 24.3 Å². The smallest absolute Gasteiger partial charge is 0.262 e. The van der Waals surface area contributed by atoms with Crippen LogP contribution in [0.15, 0.2) is 48.5 Å². The molecule has 6 heteroatoms. The maximum atomic E-state index is 12.9. The maximum Gasteiger partial charge on any atom is 0.262 e. The summed E-state index contributed by atoms with van der Waals surface area (Å²) >= 11 is 0. The zero-order chi connectivity index (χ0) is 16.4. The molecule has 5 rings (SSSR count). The van der Waals surface area contributed by atoms with Gasteiger partial charge in [0.1, 0.15) is 11.9 Å². The number of carbonyl (C=O) groups excluding carboxylic acids is 3. The van der Waals surface area contributed by atoms with Crippen molar-refractivity contribution in [3.05, 3.63) is 65.5 Å². The fraction of sp³-hybridized carbons (Fsp3) is 0.111. The van der Waals surface area contributed by atoms with Crippen LogP contribution in [0.3, 0.4) is 0 Å². The topological polar surface area (TPSA) is 72.3 Å². The van der Waals surface area contributed by atoms with Crippen molar-refractivity contribution in [3.8, 4) is 0 Å². The van der Waals surface area contributed by atoms with E-state index in [1.807, 2.05) is 24.3 Å². The molecule has 2 aromatic carbocycles. The molecule has 0 saturated carbocycles. The molecule has 2 aliphatic heterocycles. The van der Waals surface area contributed by atoms with E-state index in [1.54, 1.807) is 24.3 Å². The number of rotatable bonds is 1. The van der Waals surface area contributed by atoms with Crippen molar-refractivity contribution in [2.24, 2.45) is 0 Å². The second kappa shape index (κ2) is 4.38. The first-order valence-electron chi connectivity index (χ1n) is 7.64. The van der Waals surface area contributed by atoms with E-state index in [0.29, 0.717) is 22.5 Å². The van der Waals surface area contributed by atoms with Crippen molar-refractivity contribution in [2.75, 3.05) is 0 Å². The molecule has 1 unspecified atom stereocenters. The molecule has 116 valence electrons. The number of para-hydroxylation sites is 2. The van der Waals surface area contributed by atoms with Crippen LogP contribution >= 0.6 is 0 Å². The molecule has 0 fully saturated rings. The summed E-state index contributed by atoms with van der Waals surface area (Å²) in [5.41, 5.74) is 2.15. The van der Waals surface area contributed by atoms with Gasteiger partial charge in [-0.15, -0.1) is 0 Å². The standard InChI is InChI=1S/C18H11N3O3/c22-16-10-5-1-2-6-11(10)17(23)21(16)14-9-15-19-12-7-3-4-8-13(12)20(15)18(14)24/h1-8,14H,9H2. The van der Waals surface area contributed by atoms with Gasteiger partial charge in [0.05, 0.1) is 22.2 Å². The SMILES string of the molecule is O=C1c2ccccc2C(=O)N1C1Cc2nc3ccccc3n2C1=O. The van der Waals surface area contributed by atoms with E-state index in [4.69, 9.17) is 0 Å². The molecule has 1 aromatic heterocycles. The molecule has 0 radical (unpaired) electrons. The average molecular weight is 317 g/mol. The number of nitrogens with zero attached hydrogens (tertiary/aromatic N) is 3. The van der Waals surface area contributed by atoms with Gasteiger partial charge in [-0.2, -0.15) is 0 Å². The van der Waals surface area contributed by atoms with Gasteiger partial charge in [0.25, 0.3) is 17.7 Å². The zero-order valence-corrected chi connectivity index (χ0v) is 12.5. The average Bonchev–Trinajstić information content (AvgIpc) is 3.19. The van der Waals surface area contributed by atoms with E-state index in [1.165, 1.54) is 4.57 Å². The van der Waals surface area contributed by atoms with Crippen LogP contribution < -0.4 is 0 Å². The molecule has 0 saturated heterocycles. The van der Waals surface area contributed by atoms with Crippen molar-refractivity contribution in [1.29, 1.82) is 0 Å². The number of imide groups is 1. The van der Waals surface area contributed by atoms with Crippen LogP contribution in [-0.4, -0.2) is 38.2 Å². The highest BCUT2D eigenvalue weighted by atomic mass is 16.2. The van der Waals surface area contributed by atoms with Crippen LogP contribution in [0.1, 0.15) is 31.3 Å². The molecule has 2 amide bonds. The molecule has 0 aliphatic carbocycles. The van der Waals surface area contributed by atoms with Crippen LogP contribution in [0.4, 0.5) is 0 Å². The highest BCUT2D eigenvalue weighted by Gasteiger charge is 2.46. The van der Waals surface area contributed by atoms with E-state index < -0.39 is 17.9 Å². The first kappa shape index (κ1) is 13.2. The number of carbonyl (C=O) groups is 3. The van der Waals surface area contributed by atoms with Crippen molar-refractivity contribution in [3.63, 3.8) is 0 Å². The molecule has 3 aromatic rings. The molecule has 0 spiro atoms. The third-order valence-electron chi connectivity index (χ3n) is 4.65. The number of imidazole rings is 1. The second-order valence-corrected chi connectivity index (χ2v) is 5.94.